The van der Waals surface area contributed by atoms with Crippen LogP contribution in [0.25, 0.3) is 0 Å². The van der Waals surface area contributed by atoms with Crippen LogP contribution in [0.5, 0.6) is 17.2 Å². The molecule has 0 heterocycles. The van der Waals surface area contributed by atoms with E-state index in [2.05, 4.69) is 21.2 Å². The van der Waals surface area contributed by atoms with Gasteiger partial charge in [-0.2, -0.15) is 0 Å². The Kier molecular flexibility index (Phi) is 5.51. The van der Waals surface area contributed by atoms with Crippen molar-refractivity contribution in [3.63, 3.8) is 0 Å². The van der Waals surface area contributed by atoms with Crippen LogP contribution in [0.3, 0.4) is 0 Å². The first-order chi connectivity index (χ1) is 8.65. The van der Waals surface area contributed by atoms with Gasteiger partial charge in [-0.25, -0.2) is 0 Å². The first-order valence-corrected chi connectivity index (χ1v) is 5.95. The number of hydrogen-bond acceptors (Lipinski definition) is 4. The second kappa shape index (κ2) is 6.90. The fourth-order valence-corrected chi connectivity index (χ4v) is 1.63. The molecule has 1 N–H and O–H groups in total. The number of benzene rings is 1. The summed E-state index contributed by atoms with van der Waals surface area (Å²) in [5, 5.41) is 2.67. The minimum Gasteiger partial charge on any atom is -0.493 e. The first-order valence-electron chi connectivity index (χ1n) is 5.04. The van der Waals surface area contributed by atoms with E-state index in [1.165, 1.54) is 32.4 Å². The number of nitrogens with one attached hydrogen (secondary N) is 1. The van der Waals surface area contributed by atoms with Crippen molar-refractivity contribution in [2.24, 2.45) is 0 Å². The predicted molar refractivity (Wildman–Crippen MR) is 72.8 cm³/mol. The summed E-state index contributed by atoms with van der Waals surface area (Å²) in [7, 11) is 4.55. The fourth-order valence-electron chi connectivity index (χ4n) is 1.39. The molecule has 0 fully saturated rings. The zero-order chi connectivity index (χ0) is 13.5. The van der Waals surface area contributed by atoms with E-state index in [0.717, 1.165) is 0 Å². The molecule has 18 heavy (non-hydrogen) atoms. The summed E-state index contributed by atoms with van der Waals surface area (Å²) in [5.41, 5.74) is 0.556. The monoisotopic (exact) mass is 315 g/mol. The third kappa shape index (κ3) is 3.40. The van der Waals surface area contributed by atoms with Gasteiger partial charge in [-0.3, -0.25) is 4.79 Å². The van der Waals surface area contributed by atoms with Crippen molar-refractivity contribution in [2.75, 3.05) is 26.6 Å². The van der Waals surface area contributed by atoms with Crippen LogP contribution in [0.1, 0.15) is 0 Å². The van der Waals surface area contributed by atoms with E-state index in [1.807, 2.05) is 0 Å². The number of carbonyl (C=O) groups excluding carboxylic acids is 1. The van der Waals surface area contributed by atoms with Crippen LogP contribution in [0, 0.1) is 0 Å². The second-order valence-electron chi connectivity index (χ2n) is 3.20. The summed E-state index contributed by atoms with van der Waals surface area (Å²) in [6, 6.07) is 3.31. The maximum atomic E-state index is 11.4. The predicted octanol–water partition coefficient (Wildman–Crippen LogP) is 2.56. The Balaban J connectivity index is 3.11. The molecule has 0 atom stereocenters. The largest absolute Gasteiger partial charge is 0.493 e. The highest BCUT2D eigenvalue weighted by Crippen LogP contribution is 2.39. The van der Waals surface area contributed by atoms with Gasteiger partial charge in [0.05, 0.1) is 21.3 Å². The highest BCUT2D eigenvalue weighted by atomic mass is 79.9. The fraction of sp³-hybridized carbons (Fsp3) is 0.250. The molecule has 0 saturated heterocycles. The molecule has 0 radical (unpaired) electrons. The average molecular weight is 316 g/mol. The quantitative estimate of drug-likeness (QED) is 0.848. The number of halogens is 1. The molecule has 0 saturated carbocycles. The van der Waals surface area contributed by atoms with Crippen LogP contribution < -0.4 is 19.5 Å². The van der Waals surface area contributed by atoms with E-state index in [1.54, 1.807) is 12.1 Å². The minimum atomic E-state index is -0.263. The molecule has 0 unspecified atom stereocenters. The molecular weight excluding hydrogens is 302 g/mol. The Hall–Kier alpha value is -1.69. The summed E-state index contributed by atoms with van der Waals surface area (Å²) < 4.78 is 15.5. The van der Waals surface area contributed by atoms with E-state index in [-0.39, 0.29) is 5.91 Å². The normalized spacial score (nSPS) is 10.2. The Morgan fingerprint density at radius 1 is 1.17 bits per heavy atom. The molecule has 0 aliphatic rings. The number of carbonyl (C=O) groups is 1. The molecule has 0 bridgehead atoms. The summed E-state index contributed by atoms with van der Waals surface area (Å²) in [6.45, 7) is 0. The van der Waals surface area contributed by atoms with Gasteiger partial charge in [0.1, 0.15) is 0 Å². The van der Waals surface area contributed by atoms with Gasteiger partial charge in [0.25, 0.3) is 0 Å². The number of ether oxygens (including phenoxy) is 3. The van der Waals surface area contributed by atoms with E-state index >= 15 is 0 Å². The molecule has 0 spiro atoms. The minimum absolute atomic E-state index is 0.263. The molecule has 98 valence electrons. The molecule has 1 amide bonds. The van der Waals surface area contributed by atoms with E-state index in [9.17, 15) is 4.79 Å². The van der Waals surface area contributed by atoms with Gasteiger partial charge in [0.15, 0.2) is 11.5 Å². The van der Waals surface area contributed by atoms with Gasteiger partial charge in [-0.15, -0.1) is 0 Å². The van der Waals surface area contributed by atoms with Crippen molar-refractivity contribution in [1.82, 2.24) is 0 Å². The standard InChI is InChI=1S/C12H14BrNO4/c1-16-9-6-8(14-11(15)4-5-13)7-10(17-2)12(9)18-3/h4-7H,1-3H3,(H,14,15). The third-order valence-corrected chi connectivity index (χ3v) is 2.41. The Labute approximate surface area is 114 Å². The zero-order valence-corrected chi connectivity index (χ0v) is 11.9. The van der Waals surface area contributed by atoms with Crippen molar-refractivity contribution in [3.8, 4) is 17.2 Å². The number of methoxy groups -OCH3 is 3. The molecule has 1 aromatic rings. The van der Waals surface area contributed by atoms with E-state index in [0.29, 0.717) is 22.9 Å². The Bertz CT molecular complexity index is 434. The molecule has 0 aliphatic heterocycles. The lowest BCUT2D eigenvalue weighted by Crippen LogP contribution is -2.08. The summed E-state index contributed by atoms with van der Waals surface area (Å²) in [4.78, 5) is 12.9. The Morgan fingerprint density at radius 2 is 1.72 bits per heavy atom. The van der Waals surface area contributed by atoms with Gasteiger partial charge in [0.2, 0.25) is 11.7 Å². The lowest BCUT2D eigenvalue weighted by Gasteiger charge is -2.14. The van der Waals surface area contributed by atoms with E-state index in [4.69, 9.17) is 14.2 Å². The average Bonchev–Trinajstić information content (AvgIpc) is 2.37. The maximum absolute atomic E-state index is 11.4. The number of amides is 1. The smallest absolute Gasteiger partial charge is 0.248 e. The third-order valence-electron chi connectivity index (χ3n) is 2.15. The molecule has 1 rings (SSSR count). The first kappa shape index (κ1) is 14.4. The molecule has 5 nitrogen and oxygen atoms in total. The number of anilines is 1. The van der Waals surface area contributed by atoms with Crippen LogP contribution >= 0.6 is 15.9 Å². The topological polar surface area (TPSA) is 56.8 Å². The van der Waals surface area contributed by atoms with Crippen LogP contribution in [-0.4, -0.2) is 27.2 Å². The summed E-state index contributed by atoms with van der Waals surface area (Å²) >= 11 is 3.03. The van der Waals surface area contributed by atoms with Crippen molar-refractivity contribution >= 4 is 27.5 Å². The van der Waals surface area contributed by atoms with Crippen molar-refractivity contribution < 1.29 is 19.0 Å². The van der Waals surface area contributed by atoms with Crippen LogP contribution in [0.2, 0.25) is 0 Å². The molecule has 1 aromatic carbocycles. The summed E-state index contributed by atoms with van der Waals surface area (Å²) in [5.74, 6) is 1.18. The van der Waals surface area contributed by atoms with Crippen molar-refractivity contribution in [3.05, 3.63) is 23.2 Å². The molecular formula is C12H14BrNO4. The second-order valence-corrected chi connectivity index (χ2v) is 3.72. The van der Waals surface area contributed by atoms with E-state index < -0.39 is 0 Å². The van der Waals surface area contributed by atoms with Crippen LogP contribution in [-0.2, 0) is 4.79 Å². The summed E-state index contributed by atoms with van der Waals surface area (Å²) in [6.07, 6.45) is 1.35. The van der Waals surface area contributed by atoms with Gasteiger partial charge in [0, 0.05) is 23.9 Å². The van der Waals surface area contributed by atoms with Crippen molar-refractivity contribution in [1.29, 1.82) is 0 Å². The van der Waals surface area contributed by atoms with Crippen molar-refractivity contribution in [2.45, 2.75) is 0 Å². The number of rotatable bonds is 5. The number of hydrogen-bond donors (Lipinski definition) is 1. The lowest BCUT2D eigenvalue weighted by atomic mass is 10.2. The highest BCUT2D eigenvalue weighted by Gasteiger charge is 2.13. The molecule has 6 heteroatoms. The van der Waals surface area contributed by atoms with Crippen LogP contribution in [0.4, 0.5) is 5.69 Å². The van der Waals surface area contributed by atoms with Gasteiger partial charge in [-0.05, 0) is 4.99 Å². The van der Waals surface area contributed by atoms with Gasteiger partial charge in [-0.1, -0.05) is 15.9 Å². The van der Waals surface area contributed by atoms with Crippen LogP contribution in [0.15, 0.2) is 23.2 Å². The molecule has 0 aliphatic carbocycles. The van der Waals surface area contributed by atoms with Gasteiger partial charge < -0.3 is 19.5 Å². The molecule has 0 aromatic heterocycles. The SMILES string of the molecule is COc1cc(NC(=O)C=CBr)cc(OC)c1OC. The highest BCUT2D eigenvalue weighted by molar-refractivity contribution is 9.11. The lowest BCUT2D eigenvalue weighted by molar-refractivity contribution is -0.111. The van der Waals surface area contributed by atoms with Gasteiger partial charge >= 0.3 is 0 Å². The zero-order valence-electron chi connectivity index (χ0n) is 10.3. The maximum Gasteiger partial charge on any atom is 0.248 e. The Morgan fingerprint density at radius 3 is 2.11 bits per heavy atom.